The maximum absolute atomic E-state index is 13.8. The van der Waals surface area contributed by atoms with E-state index in [1.54, 1.807) is 0 Å². The van der Waals surface area contributed by atoms with Gasteiger partial charge >= 0.3 is 0 Å². The molecular formula is C14H17F2N3. The molecule has 0 aliphatic heterocycles. The summed E-state index contributed by atoms with van der Waals surface area (Å²) in [6.07, 6.45) is 1.71. The minimum Gasteiger partial charge on any atom is -0.383 e. The van der Waals surface area contributed by atoms with Crippen LogP contribution in [0.1, 0.15) is 26.1 Å². The second kappa shape index (κ2) is 5.38. The highest BCUT2D eigenvalue weighted by molar-refractivity contribution is 5.71. The highest BCUT2D eigenvalue weighted by atomic mass is 19.1. The summed E-state index contributed by atoms with van der Waals surface area (Å²) >= 11 is 0. The van der Waals surface area contributed by atoms with Gasteiger partial charge in [0.25, 0.3) is 0 Å². The van der Waals surface area contributed by atoms with Gasteiger partial charge in [0.2, 0.25) is 0 Å². The van der Waals surface area contributed by atoms with Gasteiger partial charge in [0.05, 0.1) is 0 Å². The molecule has 2 aromatic rings. The van der Waals surface area contributed by atoms with Crippen LogP contribution < -0.4 is 5.73 Å². The fraction of sp³-hybridized carbons (Fsp3) is 0.357. The minimum absolute atomic E-state index is 0.239. The summed E-state index contributed by atoms with van der Waals surface area (Å²) in [6.45, 7) is 4.68. The number of halogens is 2. The van der Waals surface area contributed by atoms with Crippen molar-refractivity contribution in [1.82, 2.24) is 9.55 Å². The van der Waals surface area contributed by atoms with Crippen LogP contribution in [0.3, 0.4) is 0 Å². The van der Waals surface area contributed by atoms with E-state index >= 15 is 0 Å². The predicted octanol–water partition coefficient (Wildman–Crippen LogP) is 3.38. The van der Waals surface area contributed by atoms with Gasteiger partial charge in [-0.05, 0) is 25.5 Å². The number of aromatic nitrogens is 2. The molecule has 0 amide bonds. The van der Waals surface area contributed by atoms with E-state index in [-0.39, 0.29) is 5.56 Å². The van der Waals surface area contributed by atoms with E-state index in [0.29, 0.717) is 18.1 Å². The Morgan fingerprint density at radius 2 is 2.00 bits per heavy atom. The molecule has 19 heavy (non-hydrogen) atoms. The molecule has 0 unspecified atom stereocenters. The van der Waals surface area contributed by atoms with Crippen molar-refractivity contribution in [3.63, 3.8) is 0 Å². The quantitative estimate of drug-likeness (QED) is 0.921. The third-order valence-corrected chi connectivity index (χ3v) is 3.06. The Labute approximate surface area is 111 Å². The fourth-order valence-electron chi connectivity index (χ4n) is 2.16. The van der Waals surface area contributed by atoms with Crippen LogP contribution in [0.2, 0.25) is 0 Å². The van der Waals surface area contributed by atoms with Crippen molar-refractivity contribution in [2.45, 2.75) is 33.2 Å². The van der Waals surface area contributed by atoms with Crippen LogP contribution in [-0.2, 0) is 13.0 Å². The van der Waals surface area contributed by atoms with Gasteiger partial charge in [-0.25, -0.2) is 13.8 Å². The van der Waals surface area contributed by atoms with Gasteiger partial charge in [0.15, 0.2) is 0 Å². The molecule has 0 atom stereocenters. The molecule has 3 nitrogen and oxygen atoms in total. The van der Waals surface area contributed by atoms with Crippen molar-refractivity contribution in [1.29, 1.82) is 0 Å². The van der Waals surface area contributed by atoms with Crippen LogP contribution in [0.4, 0.5) is 14.6 Å². The lowest BCUT2D eigenvalue weighted by Gasteiger charge is -2.05. The smallest absolute Gasteiger partial charge is 0.135 e. The molecule has 0 saturated carbocycles. The summed E-state index contributed by atoms with van der Waals surface area (Å²) < 4.78 is 28.6. The minimum atomic E-state index is -0.643. The lowest BCUT2D eigenvalue weighted by atomic mass is 10.1. The Balaban J connectivity index is 2.56. The highest BCUT2D eigenvalue weighted by Crippen LogP contribution is 2.29. The first kappa shape index (κ1) is 13.5. The topological polar surface area (TPSA) is 43.8 Å². The third-order valence-electron chi connectivity index (χ3n) is 3.06. The number of hydrogen-bond donors (Lipinski definition) is 1. The molecule has 0 saturated heterocycles. The molecule has 2 rings (SSSR count). The largest absolute Gasteiger partial charge is 0.383 e. The number of benzene rings is 1. The van der Waals surface area contributed by atoms with Gasteiger partial charge in [-0.1, -0.05) is 6.92 Å². The molecule has 1 aromatic carbocycles. The van der Waals surface area contributed by atoms with Crippen LogP contribution >= 0.6 is 0 Å². The monoisotopic (exact) mass is 265 g/mol. The van der Waals surface area contributed by atoms with Crippen molar-refractivity contribution in [3.05, 3.63) is 35.7 Å². The Bertz CT molecular complexity index is 591. The van der Waals surface area contributed by atoms with Crippen LogP contribution in [0.15, 0.2) is 18.2 Å². The van der Waals surface area contributed by atoms with E-state index in [1.165, 1.54) is 12.1 Å². The molecular weight excluding hydrogens is 248 g/mol. The average molecular weight is 265 g/mol. The Morgan fingerprint density at radius 1 is 1.26 bits per heavy atom. The predicted molar refractivity (Wildman–Crippen MR) is 71.7 cm³/mol. The van der Waals surface area contributed by atoms with Crippen molar-refractivity contribution in [2.24, 2.45) is 0 Å². The van der Waals surface area contributed by atoms with Crippen LogP contribution in [0.25, 0.3) is 11.3 Å². The first-order chi connectivity index (χ1) is 9.08. The van der Waals surface area contributed by atoms with Gasteiger partial charge in [-0.2, -0.15) is 0 Å². The van der Waals surface area contributed by atoms with Gasteiger partial charge in [-0.3, -0.25) is 0 Å². The summed E-state index contributed by atoms with van der Waals surface area (Å²) in [7, 11) is 0. The summed E-state index contributed by atoms with van der Waals surface area (Å²) in [5.74, 6) is 0.0108. The first-order valence-electron chi connectivity index (χ1n) is 6.38. The third kappa shape index (κ3) is 2.45. The average Bonchev–Trinajstić information content (AvgIpc) is 2.66. The Kier molecular flexibility index (Phi) is 3.83. The van der Waals surface area contributed by atoms with E-state index in [4.69, 9.17) is 5.73 Å². The molecule has 5 heteroatoms. The summed E-state index contributed by atoms with van der Waals surface area (Å²) in [6, 6.07) is 3.43. The SMILES string of the molecule is CCCc1nc(-c2ccc(F)cc2F)c(N)n1CC. The van der Waals surface area contributed by atoms with Gasteiger partial charge < -0.3 is 10.3 Å². The Morgan fingerprint density at radius 3 is 2.58 bits per heavy atom. The van der Waals surface area contributed by atoms with Crippen molar-refractivity contribution in [2.75, 3.05) is 5.73 Å². The number of anilines is 1. The molecule has 102 valence electrons. The number of rotatable bonds is 4. The summed E-state index contributed by atoms with van der Waals surface area (Å²) in [5.41, 5.74) is 6.65. The van der Waals surface area contributed by atoms with Crippen LogP contribution in [0, 0.1) is 11.6 Å². The van der Waals surface area contributed by atoms with Gasteiger partial charge in [0.1, 0.15) is 29.0 Å². The zero-order valence-corrected chi connectivity index (χ0v) is 11.1. The molecule has 0 spiro atoms. The molecule has 1 aromatic heterocycles. The van der Waals surface area contributed by atoms with Crippen molar-refractivity contribution >= 4 is 5.82 Å². The lowest BCUT2D eigenvalue weighted by Crippen LogP contribution is -2.05. The molecule has 0 fully saturated rings. The zero-order valence-electron chi connectivity index (χ0n) is 11.1. The first-order valence-corrected chi connectivity index (χ1v) is 6.38. The van der Waals surface area contributed by atoms with E-state index in [2.05, 4.69) is 4.98 Å². The standard InChI is InChI=1S/C14H17F2N3/c1-3-5-12-18-13(14(17)19(12)4-2)10-7-6-9(15)8-11(10)16/h6-8H,3-5,17H2,1-2H3. The maximum atomic E-state index is 13.8. The van der Waals surface area contributed by atoms with Gasteiger partial charge in [0, 0.05) is 24.6 Å². The molecule has 0 bridgehead atoms. The maximum Gasteiger partial charge on any atom is 0.135 e. The van der Waals surface area contributed by atoms with Crippen LogP contribution in [-0.4, -0.2) is 9.55 Å². The van der Waals surface area contributed by atoms with Crippen molar-refractivity contribution in [3.8, 4) is 11.3 Å². The molecule has 1 heterocycles. The van der Waals surface area contributed by atoms with Crippen LogP contribution in [0.5, 0.6) is 0 Å². The van der Waals surface area contributed by atoms with E-state index in [1.807, 2.05) is 18.4 Å². The molecule has 0 aliphatic rings. The molecule has 2 N–H and O–H groups in total. The second-order valence-corrected chi connectivity index (χ2v) is 4.38. The van der Waals surface area contributed by atoms with Gasteiger partial charge in [-0.15, -0.1) is 0 Å². The number of nitrogens with two attached hydrogens (primary N) is 1. The zero-order chi connectivity index (χ0) is 14.0. The highest BCUT2D eigenvalue weighted by Gasteiger charge is 2.17. The van der Waals surface area contributed by atoms with E-state index < -0.39 is 11.6 Å². The number of nitrogens with zero attached hydrogens (tertiary/aromatic N) is 2. The summed E-state index contributed by atoms with van der Waals surface area (Å²) in [5, 5.41) is 0. The fourth-order valence-corrected chi connectivity index (χ4v) is 2.16. The summed E-state index contributed by atoms with van der Waals surface area (Å²) in [4.78, 5) is 4.41. The second-order valence-electron chi connectivity index (χ2n) is 4.38. The number of imidazole rings is 1. The van der Waals surface area contributed by atoms with E-state index in [9.17, 15) is 8.78 Å². The van der Waals surface area contributed by atoms with Crippen molar-refractivity contribution < 1.29 is 8.78 Å². The molecule has 0 radical (unpaired) electrons. The number of nitrogen functional groups attached to an aromatic ring is 1. The lowest BCUT2D eigenvalue weighted by molar-refractivity contribution is 0.585. The molecule has 0 aliphatic carbocycles. The Hall–Kier alpha value is -1.91. The number of hydrogen-bond acceptors (Lipinski definition) is 2. The number of aryl methyl sites for hydroxylation is 1. The normalized spacial score (nSPS) is 10.9. The van der Waals surface area contributed by atoms with E-state index in [0.717, 1.165) is 24.7 Å².